The maximum absolute atomic E-state index is 12.2. The van der Waals surface area contributed by atoms with Gasteiger partial charge in [0.15, 0.2) is 10.0 Å². The van der Waals surface area contributed by atoms with Crippen LogP contribution in [0.2, 0.25) is 0 Å². The molecule has 0 unspecified atom stereocenters. The monoisotopic (exact) mass is 338 g/mol. The highest BCUT2D eigenvalue weighted by Gasteiger charge is 2.23. The SMILES string of the molecule is CSc1ncc(-c2nnsc2C(=O)OC[C@H]2CCCO2)cn1. The first-order valence-corrected chi connectivity index (χ1v) is 8.75. The third kappa shape index (κ3) is 3.42. The van der Waals surface area contributed by atoms with Crippen LogP contribution in [0.3, 0.4) is 0 Å². The van der Waals surface area contributed by atoms with Crippen LogP contribution in [0, 0.1) is 0 Å². The second-order valence-corrected chi connectivity index (χ2v) is 6.17. The first kappa shape index (κ1) is 15.3. The average Bonchev–Trinajstić information content (AvgIpc) is 3.24. The Balaban J connectivity index is 1.71. The van der Waals surface area contributed by atoms with Crippen LogP contribution in [-0.4, -0.2) is 51.1 Å². The molecule has 0 saturated carbocycles. The standard InChI is InChI=1S/C13H14N4O3S2/c1-21-13-14-5-8(6-15-13)10-11(22-17-16-10)12(18)20-7-9-3-2-4-19-9/h5-6,9H,2-4,7H2,1H3/t9-/m1/s1. The number of nitrogens with zero attached hydrogens (tertiary/aromatic N) is 4. The summed E-state index contributed by atoms with van der Waals surface area (Å²) in [5, 5.41) is 4.65. The summed E-state index contributed by atoms with van der Waals surface area (Å²) in [6.45, 7) is 0.993. The van der Waals surface area contributed by atoms with Gasteiger partial charge in [-0.25, -0.2) is 14.8 Å². The molecule has 2 aromatic heterocycles. The minimum Gasteiger partial charge on any atom is -0.459 e. The molecule has 0 spiro atoms. The summed E-state index contributed by atoms with van der Waals surface area (Å²) in [6.07, 6.45) is 7.09. The van der Waals surface area contributed by atoms with Crippen LogP contribution in [0.15, 0.2) is 17.6 Å². The summed E-state index contributed by atoms with van der Waals surface area (Å²) in [6, 6.07) is 0. The third-order valence-electron chi connectivity index (χ3n) is 3.18. The zero-order chi connectivity index (χ0) is 15.4. The van der Waals surface area contributed by atoms with Crippen molar-refractivity contribution in [1.82, 2.24) is 19.6 Å². The Morgan fingerprint density at radius 2 is 2.32 bits per heavy atom. The van der Waals surface area contributed by atoms with Crippen molar-refractivity contribution >= 4 is 29.3 Å². The molecule has 3 rings (SSSR count). The van der Waals surface area contributed by atoms with Gasteiger partial charge in [0.2, 0.25) is 0 Å². The number of thioether (sulfide) groups is 1. The lowest BCUT2D eigenvalue weighted by Crippen LogP contribution is -2.17. The van der Waals surface area contributed by atoms with Gasteiger partial charge < -0.3 is 9.47 Å². The molecule has 0 aliphatic carbocycles. The highest BCUT2D eigenvalue weighted by atomic mass is 32.2. The number of carbonyl (C=O) groups excluding carboxylic acids is 1. The molecular weight excluding hydrogens is 324 g/mol. The predicted octanol–water partition coefficient (Wildman–Crippen LogP) is 2.05. The molecule has 1 fully saturated rings. The fourth-order valence-electron chi connectivity index (χ4n) is 2.07. The van der Waals surface area contributed by atoms with Crippen LogP contribution >= 0.6 is 23.3 Å². The lowest BCUT2D eigenvalue weighted by atomic mass is 10.2. The molecule has 1 atom stereocenters. The minimum atomic E-state index is -0.436. The molecule has 116 valence electrons. The second kappa shape index (κ2) is 7.12. The second-order valence-electron chi connectivity index (χ2n) is 4.64. The van der Waals surface area contributed by atoms with Crippen molar-refractivity contribution in [1.29, 1.82) is 0 Å². The van der Waals surface area contributed by atoms with E-state index >= 15 is 0 Å². The fraction of sp³-hybridized carbons (Fsp3) is 0.462. The molecule has 0 amide bonds. The molecule has 3 heterocycles. The lowest BCUT2D eigenvalue weighted by Gasteiger charge is -2.09. The number of carbonyl (C=O) groups is 1. The average molecular weight is 338 g/mol. The van der Waals surface area contributed by atoms with Crippen LogP contribution in [0.4, 0.5) is 0 Å². The number of esters is 1. The van der Waals surface area contributed by atoms with Crippen LogP contribution in [-0.2, 0) is 9.47 Å². The molecule has 9 heteroatoms. The van der Waals surface area contributed by atoms with Gasteiger partial charge in [-0.15, -0.1) is 5.10 Å². The Labute approximate surface area is 135 Å². The van der Waals surface area contributed by atoms with E-state index in [0.717, 1.165) is 31.0 Å². The van der Waals surface area contributed by atoms with Crippen LogP contribution in [0.25, 0.3) is 11.3 Å². The van der Waals surface area contributed by atoms with Gasteiger partial charge in [-0.05, 0) is 30.6 Å². The number of hydrogen-bond donors (Lipinski definition) is 0. The summed E-state index contributed by atoms with van der Waals surface area (Å²) in [5.41, 5.74) is 1.10. The number of aromatic nitrogens is 4. The van der Waals surface area contributed by atoms with Crippen molar-refractivity contribution in [3.8, 4) is 11.3 Å². The first-order chi connectivity index (χ1) is 10.8. The Morgan fingerprint density at radius 1 is 1.50 bits per heavy atom. The Hall–Kier alpha value is -1.58. The van der Waals surface area contributed by atoms with Crippen LogP contribution in [0.5, 0.6) is 0 Å². The molecule has 1 saturated heterocycles. The van der Waals surface area contributed by atoms with Gasteiger partial charge in [0.1, 0.15) is 12.3 Å². The van der Waals surface area contributed by atoms with Gasteiger partial charge in [-0.1, -0.05) is 16.3 Å². The quantitative estimate of drug-likeness (QED) is 0.465. The minimum absolute atomic E-state index is 0.00234. The van der Waals surface area contributed by atoms with Gasteiger partial charge in [0, 0.05) is 24.6 Å². The van der Waals surface area contributed by atoms with E-state index in [0.29, 0.717) is 21.3 Å². The van der Waals surface area contributed by atoms with Crippen molar-refractivity contribution in [2.45, 2.75) is 24.1 Å². The predicted molar refractivity (Wildman–Crippen MR) is 82.0 cm³/mol. The van der Waals surface area contributed by atoms with Gasteiger partial charge in [0.05, 0.1) is 6.10 Å². The number of rotatable bonds is 5. The van der Waals surface area contributed by atoms with Crippen molar-refractivity contribution in [2.75, 3.05) is 19.5 Å². The summed E-state index contributed by atoms with van der Waals surface area (Å²) in [4.78, 5) is 20.9. The third-order valence-corrected chi connectivity index (χ3v) is 4.46. The van der Waals surface area contributed by atoms with E-state index in [9.17, 15) is 4.79 Å². The van der Waals surface area contributed by atoms with Crippen molar-refractivity contribution in [3.05, 3.63) is 17.3 Å². The zero-order valence-electron chi connectivity index (χ0n) is 11.9. The van der Waals surface area contributed by atoms with E-state index in [1.165, 1.54) is 11.8 Å². The zero-order valence-corrected chi connectivity index (χ0v) is 13.5. The maximum atomic E-state index is 12.2. The van der Waals surface area contributed by atoms with Gasteiger partial charge in [-0.2, -0.15) is 0 Å². The molecule has 2 aromatic rings. The van der Waals surface area contributed by atoms with E-state index in [-0.39, 0.29) is 12.7 Å². The molecule has 0 bridgehead atoms. The van der Waals surface area contributed by atoms with Crippen LogP contribution < -0.4 is 0 Å². The van der Waals surface area contributed by atoms with E-state index in [2.05, 4.69) is 19.6 Å². The highest BCUT2D eigenvalue weighted by Crippen LogP contribution is 2.24. The van der Waals surface area contributed by atoms with Gasteiger partial charge >= 0.3 is 5.97 Å². The smallest absolute Gasteiger partial charge is 0.352 e. The molecule has 7 nitrogen and oxygen atoms in total. The molecule has 22 heavy (non-hydrogen) atoms. The summed E-state index contributed by atoms with van der Waals surface area (Å²) < 4.78 is 14.6. The Morgan fingerprint density at radius 3 is 3.00 bits per heavy atom. The van der Waals surface area contributed by atoms with Crippen molar-refractivity contribution < 1.29 is 14.3 Å². The van der Waals surface area contributed by atoms with E-state index in [1.54, 1.807) is 12.4 Å². The lowest BCUT2D eigenvalue weighted by molar-refractivity contribution is 0.0166. The molecule has 0 aromatic carbocycles. The van der Waals surface area contributed by atoms with Crippen molar-refractivity contribution in [3.63, 3.8) is 0 Å². The molecular formula is C13H14N4O3S2. The van der Waals surface area contributed by atoms with E-state index < -0.39 is 5.97 Å². The molecule has 0 radical (unpaired) electrons. The molecule has 1 aliphatic rings. The number of ether oxygens (including phenoxy) is 2. The topological polar surface area (TPSA) is 87.1 Å². The largest absolute Gasteiger partial charge is 0.459 e. The summed E-state index contributed by atoms with van der Waals surface area (Å²) in [7, 11) is 0. The Kier molecular flexibility index (Phi) is 4.96. The van der Waals surface area contributed by atoms with E-state index in [1.807, 2.05) is 6.26 Å². The van der Waals surface area contributed by atoms with E-state index in [4.69, 9.17) is 9.47 Å². The normalized spacial score (nSPS) is 17.6. The van der Waals surface area contributed by atoms with Gasteiger partial charge in [-0.3, -0.25) is 0 Å². The van der Waals surface area contributed by atoms with Gasteiger partial charge in [0.25, 0.3) is 0 Å². The van der Waals surface area contributed by atoms with Crippen LogP contribution in [0.1, 0.15) is 22.5 Å². The fourth-order valence-corrected chi connectivity index (χ4v) is 2.97. The molecule has 1 aliphatic heterocycles. The van der Waals surface area contributed by atoms with Crippen molar-refractivity contribution in [2.24, 2.45) is 0 Å². The highest BCUT2D eigenvalue weighted by molar-refractivity contribution is 7.98. The summed E-state index contributed by atoms with van der Waals surface area (Å²) >= 11 is 2.45. The number of hydrogen-bond acceptors (Lipinski definition) is 9. The maximum Gasteiger partial charge on any atom is 0.352 e. The Bertz CT molecular complexity index is 641. The first-order valence-electron chi connectivity index (χ1n) is 6.75. The molecule has 0 N–H and O–H groups in total. The summed E-state index contributed by atoms with van der Waals surface area (Å²) in [5.74, 6) is -0.436.